The third-order valence-electron chi connectivity index (χ3n) is 6.77. The van der Waals surface area contributed by atoms with Crippen LogP contribution in [0.2, 0.25) is 0 Å². The van der Waals surface area contributed by atoms with E-state index in [0.29, 0.717) is 30.2 Å². The van der Waals surface area contributed by atoms with E-state index in [1.54, 1.807) is 0 Å². The van der Waals surface area contributed by atoms with Gasteiger partial charge in [-0.2, -0.15) is 0 Å². The fraction of sp³-hybridized carbons (Fsp3) is 0.636. The number of hydrogen-bond donors (Lipinski definition) is 1. The number of halogens is 1. The Morgan fingerprint density at radius 2 is 1.69 bits per heavy atom. The molecule has 0 saturated carbocycles. The molecule has 0 aromatic heterocycles. The van der Waals surface area contributed by atoms with Crippen LogP contribution in [0.15, 0.2) is 30.3 Å². The highest BCUT2D eigenvalue weighted by Crippen LogP contribution is 2.37. The molecule has 0 radical (unpaired) electrons. The Labute approximate surface area is 179 Å². The van der Waals surface area contributed by atoms with Crippen LogP contribution in [-0.2, 0) is 9.59 Å². The van der Waals surface area contributed by atoms with Crippen molar-refractivity contribution in [3.8, 4) is 5.75 Å². The van der Waals surface area contributed by atoms with Crippen LogP contribution in [0.4, 0.5) is 0 Å². The predicted octanol–water partition coefficient (Wildman–Crippen LogP) is 2.33. The molecule has 6 nitrogen and oxygen atoms in total. The van der Waals surface area contributed by atoms with Gasteiger partial charge in [0, 0.05) is 38.6 Å². The van der Waals surface area contributed by atoms with E-state index in [4.69, 9.17) is 4.74 Å². The molecule has 29 heavy (non-hydrogen) atoms. The van der Waals surface area contributed by atoms with Gasteiger partial charge >= 0.3 is 0 Å². The van der Waals surface area contributed by atoms with Gasteiger partial charge in [0.05, 0.1) is 0 Å². The quantitative estimate of drug-likeness (QED) is 0.810. The van der Waals surface area contributed by atoms with Crippen LogP contribution in [0.5, 0.6) is 5.75 Å². The van der Waals surface area contributed by atoms with Crippen molar-refractivity contribution in [1.82, 2.24) is 15.1 Å². The van der Waals surface area contributed by atoms with E-state index in [9.17, 15) is 9.59 Å². The second-order valence-corrected chi connectivity index (χ2v) is 8.51. The van der Waals surface area contributed by atoms with Crippen molar-refractivity contribution >= 4 is 24.2 Å². The molecule has 1 spiro atoms. The summed E-state index contributed by atoms with van der Waals surface area (Å²) in [5.41, 5.74) is 0.436. The summed E-state index contributed by atoms with van der Waals surface area (Å²) in [7, 11) is 0. The first-order chi connectivity index (χ1) is 13.7. The number of piperidine rings is 2. The number of nitrogens with zero attached hydrogens (tertiary/aromatic N) is 2. The molecule has 3 fully saturated rings. The summed E-state index contributed by atoms with van der Waals surface area (Å²) in [5.74, 6) is 1.08. The van der Waals surface area contributed by atoms with Crippen molar-refractivity contribution in [2.24, 2.45) is 11.3 Å². The maximum absolute atomic E-state index is 12.9. The average Bonchev–Trinajstić information content (AvgIpc) is 3.21. The van der Waals surface area contributed by atoms with Gasteiger partial charge in [0.1, 0.15) is 5.75 Å². The largest absolute Gasteiger partial charge is 0.484 e. The summed E-state index contributed by atoms with van der Waals surface area (Å²) in [6.45, 7) is 5.37. The van der Waals surface area contributed by atoms with Gasteiger partial charge in [-0.3, -0.25) is 9.59 Å². The number of likely N-dealkylation sites (tertiary alicyclic amines) is 2. The molecule has 3 aliphatic rings. The van der Waals surface area contributed by atoms with Gasteiger partial charge in [-0.15, -0.1) is 12.4 Å². The average molecular weight is 422 g/mol. The Hall–Kier alpha value is -1.79. The van der Waals surface area contributed by atoms with Crippen molar-refractivity contribution in [2.45, 2.75) is 32.1 Å². The molecule has 0 unspecified atom stereocenters. The summed E-state index contributed by atoms with van der Waals surface area (Å²) in [6, 6.07) is 9.40. The van der Waals surface area contributed by atoms with E-state index in [1.165, 1.54) is 6.42 Å². The molecule has 1 N–H and O–H groups in total. The Morgan fingerprint density at radius 3 is 2.31 bits per heavy atom. The third-order valence-corrected chi connectivity index (χ3v) is 6.77. The molecule has 3 saturated heterocycles. The molecule has 0 bridgehead atoms. The van der Waals surface area contributed by atoms with Gasteiger partial charge < -0.3 is 19.9 Å². The highest BCUT2D eigenvalue weighted by molar-refractivity contribution is 5.85. The highest BCUT2D eigenvalue weighted by atomic mass is 35.5. The van der Waals surface area contributed by atoms with Crippen LogP contribution in [0.25, 0.3) is 0 Å². The first-order valence-corrected chi connectivity index (χ1v) is 10.6. The molecule has 1 aromatic carbocycles. The van der Waals surface area contributed by atoms with E-state index in [1.807, 2.05) is 35.2 Å². The fourth-order valence-electron chi connectivity index (χ4n) is 4.81. The number of carbonyl (C=O) groups excluding carboxylic acids is 2. The molecule has 2 amide bonds. The Morgan fingerprint density at radius 1 is 1.00 bits per heavy atom. The van der Waals surface area contributed by atoms with Crippen molar-refractivity contribution in [1.29, 1.82) is 0 Å². The van der Waals surface area contributed by atoms with Crippen molar-refractivity contribution in [3.63, 3.8) is 0 Å². The second-order valence-electron chi connectivity index (χ2n) is 8.51. The maximum atomic E-state index is 12.9. The minimum absolute atomic E-state index is 0. The number of benzene rings is 1. The lowest BCUT2D eigenvalue weighted by molar-refractivity contribution is -0.143. The Balaban J connectivity index is 0.00000240. The highest BCUT2D eigenvalue weighted by Gasteiger charge is 2.39. The van der Waals surface area contributed by atoms with E-state index >= 15 is 0 Å². The van der Waals surface area contributed by atoms with E-state index < -0.39 is 0 Å². The van der Waals surface area contributed by atoms with Crippen LogP contribution < -0.4 is 10.1 Å². The molecule has 3 heterocycles. The van der Waals surface area contributed by atoms with E-state index in [0.717, 1.165) is 51.9 Å². The molecule has 1 aromatic rings. The maximum Gasteiger partial charge on any atom is 0.260 e. The lowest BCUT2D eigenvalue weighted by Crippen LogP contribution is -2.49. The fourth-order valence-corrected chi connectivity index (χ4v) is 4.81. The molecule has 3 aliphatic heterocycles. The molecular formula is C22H32ClN3O3. The molecule has 160 valence electrons. The van der Waals surface area contributed by atoms with Gasteiger partial charge in [-0.25, -0.2) is 0 Å². The van der Waals surface area contributed by atoms with E-state index in [2.05, 4.69) is 10.2 Å². The van der Waals surface area contributed by atoms with E-state index in [-0.39, 0.29) is 30.8 Å². The third kappa shape index (κ3) is 5.23. The topological polar surface area (TPSA) is 61.9 Å². The minimum Gasteiger partial charge on any atom is -0.484 e. The summed E-state index contributed by atoms with van der Waals surface area (Å²) in [5, 5.41) is 3.48. The summed E-state index contributed by atoms with van der Waals surface area (Å²) in [6.07, 6.45) is 5.03. The van der Waals surface area contributed by atoms with Crippen LogP contribution in [-0.4, -0.2) is 67.5 Å². The summed E-state index contributed by atoms with van der Waals surface area (Å²) in [4.78, 5) is 29.2. The smallest absolute Gasteiger partial charge is 0.260 e. The predicted molar refractivity (Wildman–Crippen MR) is 114 cm³/mol. The SMILES string of the molecule is Cl.O=C(COc1ccccc1)N1CCC(C(=O)N2CCC3(CCNC3)CC2)CC1. The number of amides is 2. The van der Waals surface area contributed by atoms with Crippen LogP contribution in [0.1, 0.15) is 32.1 Å². The zero-order valence-electron chi connectivity index (χ0n) is 17.0. The first kappa shape index (κ1) is 21.9. The molecule has 7 heteroatoms. The lowest BCUT2D eigenvalue weighted by Gasteiger charge is -2.41. The van der Waals surface area contributed by atoms with Crippen molar-refractivity contribution in [3.05, 3.63) is 30.3 Å². The molecule has 4 rings (SSSR count). The Kier molecular flexibility index (Phi) is 7.41. The number of nitrogens with one attached hydrogen (secondary N) is 1. The summed E-state index contributed by atoms with van der Waals surface area (Å²) < 4.78 is 5.56. The van der Waals surface area contributed by atoms with Crippen molar-refractivity contribution in [2.75, 3.05) is 45.9 Å². The van der Waals surface area contributed by atoms with Gasteiger partial charge in [0.2, 0.25) is 5.91 Å². The normalized spacial score (nSPS) is 21.7. The van der Waals surface area contributed by atoms with Gasteiger partial charge in [-0.1, -0.05) is 18.2 Å². The lowest BCUT2D eigenvalue weighted by atomic mass is 9.77. The van der Waals surface area contributed by atoms with Gasteiger partial charge in [0.25, 0.3) is 5.91 Å². The number of rotatable bonds is 4. The molecule has 0 aliphatic carbocycles. The van der Waals surface area contributed by atoms with Crippen LogP contribution in [0, 0.1) is 11.3 Å². The monoisotopic (exact) mass is 421 g/mol. The summed E-state index contributed by atoms with van der Waals surface area (Å²) >= 11 is 0. The van der Waals surface area contributed by atoms with Crippen LogP contribution in [0.3, 0.4) is 0 Å². The van der Waals surface area contributed by atoms with Gasteiger partial charge in [0.15, 0.2) is 6.61 Å². The Bertz CT molecular complexity index is 676. The zero-order valence-corrected chi connectivity index (χ0v) is 17.8. The number of hydrogen-bond acceptors (Lipinski definition) is 4. The zero-order chi connectivity index (χ0) is 19.4. The number of ether oxygens (including phenoxy) is 1. The van der Waals surface area contributed by atoms with Crippen LogP contribution >= 0.6 is 12.4 Å². The minimum atomic E-state index is 0. The van der Waals surface area contributed by atoms with Crippen molar-refractivity contribution < 1.29 is 14.3 Å². The molecule has 0 atom stereocenters. The number of para-hydroxylation sites is 1. The first-order valence-electron chi connectivity index (χ1n) is 10.6. The second kappa shape index (κ2) is 9.81. The standard InChI is InChI=1S/C22H31N3O3.ClH/c26-20(16-28-19-4-2-1-3-5-19)24-12-6-18(7-13-24)21(27)25-14-9-22(10-15-25)8-11-23-17-22;/h1-5,18,23H,6-17H2;1H. The molecular weight excluding hydrogens is 390 g/mol. The number of carbonyl (C=O) groups is 2. The van der Waals surface area contributed by atoms with Gasteiger partial charge in [-0.05, 0) is 56.2 Å².